The Morgan fingerprint density at radius 3 is 2.33 bits per heavy atom. The van der Waals surface area contributed by atoms with Crippen molar-refractivity contribution < 1.29 is 14.3 Å². The number of carbonyl (C=O) groups is 1. The Labute approximate surface area is 143 Å². The molecule has 4 heteroatoms. The number of benzene rings is 2. The zero-order valence-corrected chi connectivity index (χ0v) is 14.7. The Morgan fingerprint density at radius 2 is 1.71 bits per heavy atom. The monoisotopic (exact) mass is 327 g/mol. The van der Waals surface area contributed by atoms with E-state index in [4.69, 9.17) is 9.47 Å². The summed E-state index contributed by atoms with van der Waals surface area (Å²) in [6, 6.07) is 15.1. The van der Waals surface area contributed by atoms with Crippen molar-refractivity contribution in [1.29, 1.82) is 0 Å². The van der Waals surface area contributed by atoms with Gasteiger partial charge in [0.2, 0.25) is 0 Å². The predicted molar refractivity (Wildman–Crippen MR) is 96.7 cm³/mol. The van der Waals surface area contributed by atoms with Crippen LogP contribution in [0, 0.1) is 0 Å². The number of hydrogen-bond donors (Lipinski definition) is 1. The first-order valence-electron chi connectivity index (χ1n) is 8.31. The van der Waals surface area contributed by atoms with E-state index in [1.54, 1.807) is 6.92 Å². The van der Waals surface area contributed by atoms with Crippen LogP contribution in [0.2, 0.25) is 0 Å². The van der Waals surface area contributed by atoms with Crippen LogP contribution >= 0.6 is 0 Å². The van der Waals surface area contributed by atoms with Crippen molar-refractivity contribution in [3.8, 4) is 11.5 Å². The van der Waals surface area contributed by atoms with Gasteiger partial charge < -0.3 is 14.8 Å². The van der Waals surface area contributed by atoms with E-state index in [0.717, 1.165) is 12.2 Å². The van der Waals surface area contributed by atoms with Crippen LogP contribution in [0.1, 0.15) is 33.3 Å². The normalized spacial score (nSPS) is 11.9. The highest BCUT2D eigenvalue weighted by molar-refractivity contribution is 5.94. The Hall–Kier alpha value is -2.49. The second-order valence-electron chi connectivity index (χ2n) is 5.94. The third-order valence-electron chi connectivity index (χ3n) is 3.48. The highest BCUT2D eigenvalue weighted by atomic mass is 16.5. The lowest BCUT2D eigenvalue weighted by molar-refractivity contribution is -0.122. The molecule has 0 aromatic heterocycles. The summed E-state index contributed by atoms with van der Waals surface area (Å²) in [5, 5.41) is 2.85. The number of amides is 1. The summed E-state index contributed by atoms with van der Waals surface area (Å²) in [5.41, 5.74) is 1.90. The Morgan fingerprint density at radius 1 is 1.00 bits per heavy atom. The van der Waals surface area contributed by atoms with Crippen LogP contribution in [-0.2, 0) is 11.2 Å². The van der Waals surface area contributed by atoms with E-state index < -0.39 is 6.10 Å². The van der Waals surface area contributed by atoms with Crippen molar-refractivity contribution in [3.63, 3.8) is 0 Å². The van der Waals surface area contributed by atoms with E-state index >= 15 is 0 Å². The fourth-order valence-corrected chi connectivity index (χ4v) is 2.23. The standard InChI is InChI=1S/C20H25NO3/c1-5-16-7-6-8-19(13-16)24-15(4)20(22)21-17-9-11-18(12-10-17)23-14(2)3/h6-15H,5H2,1-4H3,(H,21,22). The summed E-state index contributed by atoms with van der Waals surface area (Å²) < 4.78 is 11.3. The smallest absolute Gasteiger partial charge is 0.265 e. The average molecular weight is 327 g/mol. The summed E-state index contributed by atoms with van der Waals surface area (Å²) in [7, 11) is 0. The van der Waals surface area contributed by atoms with Crippen LogP contribution in [0.3, 0.4) is 0 Å². The van der Waals surface area contributed by atoms with E-state index in [0.29, 0.717) is 11.4 Å². The molecule has 0 aliphatic rings. The molecule has 1 N–H and O–H groups in total. The molecular weight excluding hydrogens is 302 g/mol. The van der Waals surface area contributed by atoms with E-state index in [-0.39, 0.29) is 12.0 Å². The summed E-state index contributed by atoms with van der Waals surface area (Å²) in [6.07, 6.45) is 0.476. The van der Waals surface area contributed by atoms with Crippen molar-refractivity contribution in [2.24, 2.45) is 0 Å². The number of aryl methyl sites for hydroxylation is 1. The van der Waals surface area contributed by atoms with Crippen LogP contribution in [0.15, 0.2) is 48.5 Å². The lowest BCUT2D eigenvalue weighted by atomic mass is 10.2. The molecule has 1 atom stereocenters. The largest absolute Gasteiger partial charge is 0.491 e. The molecule has 0 aliphatic carbocycles. The minimum absolute atomic E-state index is 0.123. The fourth-order valence-electron chi connectivity index (χ4n) is 2.23. The van der Waals surface area contributed by atoms with E-state index in [9.17, 15) is 4.79 Å². The van der Waals surface area contributed by atoms with E-state index in [2.05, 4.69) is 12.2 Å². The van der Waals surface area contributed by atoms with Gasteiger partial charge >= 0.3 is 0 Å². The van der Waals surface area contributed by atoms with Gasteiger partial charge in [-0.1, -0.05) is 19.1 Å². The van der Waals surface area contributed by atoms with Gasteiger partial charge in [0.05, 0.1) is 6.10 Å². The van der Waals surface area contributed by atoms with Crippen LogP contribution in [0.5, 0.6) is 11.5 Å². The molecule has 1 unspecified atom stereocenters. The first kappa shape index (κ1) is 17.9. The number of nitrogens with one attached hydrogen (secondary N) is 1. The van der Waals surface area contributed by atoms with Gasteiger partial charge in [-0.15, -0.1) is 0 Å². The molecule has 0 heterocycles. The van der Waals surface area contributed by atoms with Gasteiger partial charge in [0, 0.05) is 5.69 Å². The Kier molecular flexibility index (Phi) is 6.24. The van der Waals surface area contributed by atoms with Crippen molar-refractivity contribution in [2.45, 2.75) is 46.3 Å². The third kappa shape index (κ3) is 5.30. The Bertz CT molecular complexity index is 665. The molecule has 0 radical (unpaired) electrons. The molecular formula is C20H25NO3. The number of hydrogen-bond acceptors (Lipinski definition) is 3. The molecule has 2 rings (SSSR count). The van der Waals surface area contributed by atoms with Gasteiger partial charge in [0.25, 0.3) is 5.91 Å². The number of rotatable bonds is 7. The van der Waals surface area contributed by atoms with Crippen molar-refractivity contribution in [3.05, 3.63) is 54.1 Å². The minimum atomic E-state index is -0.580. The summed E-state index contributed by atoms with van der Waals surface area (Å²) in [4.78, 5) is 12.3. The maximum absolute atomic E-state index is 12.3. The van der Waals surface area contributed by atoms with Crippen LogP contribution in [-0.4, -0.2) is 18.1 Å². The molecule has 0 aliphatic heterocycles. The molecule has 24 heavy (non-hydrogen) atoms. The van der Waals surface area contributed by atoms with Gasteiger partial charge in [-0.25, -0.2) is 0 Å². The molecule has 2 aromatic rings. The van der Waals surface area contributed by atoms with Gasteiger partial charge in [0.15, 0.2) is 6.10 Å². The molecule has 0 spiro atoms. The van der Waals surface area contributed by atoms with Crippen LogP contribution < -0.4 is 14.8 Å². The predicted octanol–water partition coefficient (Wildman–Crippen LogP) is 4.44. The average Bonchev–Trinajstić information content (AvgIpc) is 2.56. The van der Waals surface area contributed by atoms with Gasteiger partial charge in [-0.2, -0.15) is 0 Å². The SMILES string of the molecule is CCc1cccc(OC(C)C(=O)Nc2ccc(OC(C)C)cc2)c1. The second kappa shape index (κ2) is 8.39. The van der Waals surface area contributed by atoms with Crippen molar-refractivity contribution in [1.82, 2.24) is 0 Å². The molecule has 0 saturated carbocycles. The van der Waals surface area contributed by atoms with Gasteiger partial charge in [-0.05, 0) is 69.2 Å². The summed E-state index contributed by atoms with van der Waals surface area (Å²) >= 11 is 0. The van der Waals surface area contributed by atoms with Gasteiger partial charge in [-0.3, -0.25) is 4.79 Å². The first-order chi connectivity index (χ1) is 11.5. The van der Waals surface area contributed by atoms with E-state index in [1.807, 2.05) is 62.4 Å². The second-order valence-corrected chi connectivity index (χ2v) is 5.94. The minimum Gasteiger partial charge on any atom is -0.491 e. The summed E-state index contributed by atoms with van der Waals surface area (Å²) in [5.74, 6) is 1.30. The number of anilines is 1. The highest BCUT2D eigenvalue weighted by Crippen LogP contribution is 2.18. The zero-order valence-electron chi connectivity index (χ0n) is 14.7. The summed E-state index contributed by atoms with van der Waals surface area (Å²) in [6.45, 7) is 7.77. The molecule has 128 valence electrons. The highest BCUT2D eigenvalue weighted by Gasteiger charge is 2.15. The molecule has 0 fully saturated rings. The fraction of sp³-hybridized carbons (Fsp3) is 0.350. The van der Waals surface area contributed by atoms with Gasteiger partial charge in [0.1, 0.15) is 11.5 Å². The van der Waals surface area contributed by atoms with Crippen molar-refractivity contribution in [2.75, 3.05) is 5.32 Å². The van der Waals surface area contributed by atoms with Crippen molar-refractivity contribution >= 4 is 11.6 Å². The topological polar surface area (TPSA) is 47.6 Å². The molecule has 1 amide bonds. The molecule has 0 bridgehead atoms. The lowest BCUT2D eigenvalue weighted by Crippen LogP contribution is -2.30. The molecule has 0 saturated heterocycles. The van der Waals surface area contributed by atoms with E-state index in [1.165, 1.54) is 5.56 Å². The molecule has 4 nitrogen and oxygen atoms in total. The molecule has 2 aromatic carbocycles. The maximum atomic E-state index is 12.3. The first-order valence-corrected chi connectivity index (χ1v) is 8.31. The lowest BCUT2D eigenvalue weighted by Gasteiger charge is -2.16. The van der Waals surface area contributed by atoms with Crippen LogP contribution in [0.4, 0.5) is 5.69 Å². The zero-order chi connectivity index (χ0) is 17.5. The third-order valence-corrected chi connectivity index (χ3v) is 3.48. The maximum Gasteiger partial charge on any atom is 0.265 e. The quantitative estimate of drug-likeness (QED) is 0.817. The Balaban J connectivity index is 1.93. The number of ether oxygens (including phenoxy) is 2. The number of carbonyl (C=O) groups excluding carboxylic acids is 1. The van der Waals surface area contributed by atoms with Crippen LogP contribution in [0.25, 0.3) is 0 Å².